The molecule has 2 aromatic carbocycles. The molecule has 0 fully saturated rings. The van der Waals surface area contributed by atoms with Gasteiger partial charge in [0.25, 0.3) is 0 Å². The van der Waals surface area contributed by atoms with E-state index in [1.165, 1.54) is 13.2 Å². The molecule has 1 aliphatic heterocycles. The van der Waals surface area contributed by atoms with E-state index in [1.807, 2.05) is 77.2 Å². The number of hydrogen-bond donors (Lipinski definition) is 0. The molecular formula is C19H15IO4. The molecule has 4 nitrogen and oxygen atoms in total. The lowest BCUT2D eigenvalue weighted by atomic mass is 9.91. The molecule has 2 aromatic rings. The zero-order valence-electron chi connectivity index (χ0n) is 12.9. The maximum atomic E-state index is 12.3. The quantitative estimate of drug-likeness (QED) is 0.420. The van der Waals surface area contributed by atoms with E-state index in [1.54, 1.807) is 0 Å². The van der Waals surface area contributed by atoms with E-state index < -0.39 is 22.0 Å². The minimum atomic E-state index is -0.695. The predicted octanol–water partition coefficient (Wildman–Crippen LogP) is 3.69. The standard InChI is InChI=1S/C19H15IO4/c1-23-19(22)17(20)18-14-10-6-5-9-13(14)15(11-16(21)24-18)12-7-3-2-4-8-12/h2-11,17-18H,1H3/t17-,18-/m1/s1. The summed E-state index contributed by atoms with van der Waals surface area (Å²) in [5.74, 6) is -0.896. The summed E-state index contributed by atoms with van der Waals surface area (Å²) in [6, 6.07) is 17.2. The molecule has 0 aromatic heterocycles. The molecule has 2 atom stereocenters. The van der Waals surface area contributed by atoms with Crippen LogP contribution in [0.15, 0.2) is 60.7 Å². The zero-order chi connectivity index (χ0) is 17.1. The first-order chi connectivity index (χ1) is 11.6. The molecule has 0 unspecified atom stereocenters. The van der Waals surface area contributed by atoms with Gasteiger partial charge in [-0.05, 0) is 16.7 Å². The molecule has 1 aliphatic rings. The van der Waals surface area contributed by atoms with Gasteiger partial charge in [0, 0.05) is 11.6 Å². The molecule has 0 spiro atoms. The van der Waals surface area contributed by atoms with Gasteiger partial charge in [-0.15, -0.1) is 0 Å². The Morgan fingerprint density at radius 1 is 1.12 bits per heavy atom. The number of benzene rings is 2. The first kappa shape index (κ1) is 16.7. The molecule has 0 N–H and O–H groups in total. The lowest BCUT2D eigenvalue weighted by Crippen LogP contribution is -2.27. The van der Waals surface area contributed by atoms with Crippen molar-refractivity contribution in [3.05, 3.63) is 77.4 Å². The van der Waals surface area contributed by atoms with Crippen LogP contribution in [0.5, 0.6) is 0 Å². The van der Waals surface area contributed by atoms with Crippen LogP contribution in [0, 0.1) is 0 Å². The van der Waals surface area contributed by atoms with Gasteiger partial charge in [0.05, 0.1) is 7.11 Å². The molecule has 122 valence electrons. The minimum absolute atomic E-state index is 0.425. The van der Waals surface area contributed by atoms with Gasteiger partial charge in [-0.1, -0.05) is 77.2 Å². The predicted molar refractivity (Wildman–Crippen MR) is 98.6 cm³/mol. The third-order valence-electron chi connectivity index (χ3n) is 3.84. The molecule has 1 heterocycles. The summed E-state index contributed by atoms with van der Waals surface area (Å²) < 4.78 is 9.74. The number of ether oxygens (including phenoxy) is 2. The highest BCUT2D eigenvalue weighted by Crippen LogP contribution is 2.38. The zero-order valence-corrected chi connectivity index (χ0v) is 15.1. The second kappa shape index (κ2) is 7.17. The van der Waals surface area contributed by atoms with Crippen molar-refractivity contribution in [2.45, 2.75) is 10.0 Å². The van der Waals surface area contributed by atoms with Crippen molar-refractivity contribution in [2.75, 3.05) is 7.11 Å². The Bertz CT molecular complexity index is 798. The van der Waals surface area contributed by atoms with E-state index >= 15 is 0 Å². The van der Waals surface area contributed by atoms with Crippen molar-refractivity contribution in [1.29, 1.82) is 0 Å². The van der Waals surface area contributed by atoms with Crippen LogP contribution in [-0.2, 0) is 19.1 Å². The SMILES string of the molecule is COC(=O)[C@H](I)[C@@H]1OC(=O)C=C(c2ccccc2)c2ccccc21. The van der Waals surface area contributed by atoms with E-state index in [-0.39, 0.29) is 0 Å². The third kappa shape index (κ3) is 3.21. The van der Waals surface area contributed by atoms with Gasteiger partial charge in [-0.3, -0.25) is 4.79 Å². The van der Waals surface area contributed by atoms with Crippen LogP contribution in [0.1, 0.15) is 22.8 Å². The fraction of sp³-hybridized carbons (Fsp3) is 0.158. The van der Waals surface area contributed by atoms with Crippen LogP contribution < -0.4 is 0 Å². The summed E-state index contributed by atoms with van der Waals surface area (Å²) in [6.07, 6.45) is 0.786. The van der Waals surface area contributed by atoms with Gasteiger partial charge in [0.2, 0.25) is 0 Å². The molecule has 5 heteroatoms. The number of cyclic esters (lactones) is 1. The molecular weight excluding hydrogens is 419 g/mol. The maximum absolute atomic E-state index is 12.3. The summed E-state index contributed by atoms with van der Waals surface area (Å²) >= 11 is 1.96. The van der Waals surface area contributed by atoms with Crippen molar-refractivity contribution in [3.8, 4) is 0 Å². The second-order valence-corrected chi connectivity index (χ2v) is 6.64. The number of hydrogen-bond acceptors (Lipinski definition) is 4. The van der Waals surface area contributed by atoms with Crippen LogP contribution in [0.2, 0.25) is 0 Å². The Hall–Kier alpha value is -2.15. The van der Waals surface area contributed by atoms with Crippen LogP contribution in [0.4, 0.5) is 0 Å². The highest BCUT2D eigenvalue weighted by Gasteiger charge is 2.35. The van der Waals surface area contributed by atoms with Gasteiger partial charge in [-0.2, -0.15) is 0 Å². The van der Waals surface area contributed by atoms with Gasteiger partial charge in [-0.25, -0.2) is 4.79 Å². The molecule has 3 rings (SSSR count). The van der Waals surface area contributed by atoms with Gasteiger partial charge in [0.15, 0.2) is 6.10 Å². The van der Waals surface area contributed by atoms with Gasteiger partial charge < -0.3 is 9.47 Å². The first-order valence-corrected chi connectivity index (χ1v) is 8.65. The van der Waals surface area contributed by atoms with E-state index in [0.29, 0.717) is 0 Å². The number of alkyl halides is 1. The van der Waals surface area contributed by atoms with E-state index in [2.05, 4.69) is 0 Å². The van der Waals surface area contributed by atoms with E-state index in [9.17, 15) is 9.59 Å². The Balaban J connectivity index is 2.14. The molecule has 0 aliphatic carbocycles. The highest BCUT2D eigenvalue weighted by molar-refractivity contribution is 14.1. The number of halogens is 1. The van der Waals surface area contributed by atoms with Gasteiger partial charge >= 0.3 is 11.9 Å². The summed E-state index contributed by atoms with van der Waals surface area (Å²) in [5, 5.41) is 0. The normalized spacial score (nSPS) is 17.8. The van der Waals surface area contributed by atoms with Crippen LogP contribution in [0.3, 0.4) is 0 Å². The minimum Gasteiger partial charge on any atom is -0.468 e. The van der Waals surface area contributed by atoms with Crippen LogP contribution in [0.25, 0.3) is 5.57 Å². The van der Waals surface area contributed by atoms with Crippen molar-refractivity contribution in [3.63, 3.8) is 0 Å². The van der Waals surface area contributed by atoms with Crippen LogP contribution in [-0.4, -0.2) is 23.0 Å². The van der Waals surface area contributed by atoms with Crippen LogP contribution >= 0.6 is 22.6 Å². The lowest BCUT2D eigenvalue weighted by molar-refractivity contribution is -0.148. The third-order valence-corrected chi connectivity index (χ3v) is 5.00. The summed E-state index contributed by atoms with van der Waals surface area (Å²) in [5.41, 5.74) is 3.38. The molecule has 0 saturated carbocycles. The summed E-state index contributed by atoms with van der Waals surface area (Å²) in [6.45, 7) is 0. The number of methoxy groups -OCH3 is 1. The average Bonchev–Trinajstić information content (AvgIpc) is 2.78. The van der Waals surface area contributed by atoms with Crippen molar-refractivity contribution >= 4 is 40.1 Å². The fourth-order valence-corrected chi connectivity index (χ4v) is 3.51. The fourth-order valence-electron chi connectivity index (χ4n) is 2.72. The molecule has 0 radical (unpaired) electrons. The Morgan fingerprint density at radius 3 is 2.50 bits per heavy atom. The number of carbonyl (C=O) groups is 2. The lowest BCUT2D eigenvalue weighted by Gasteiger charge is -2.22. The first-order valence-electron chi connectivity index (χ1n) is 7.40. The second-order valence-electron chi connectivity index (χ2n) is 5.29. The largest absolute Gasteiger partial charge is 0.468 e. The number of fused-ring (bicyclic) bond motifs is 1. The number of carbonyl (C=O) groups excluding carboxylic acids is 2. The highest BCUT2D eigenvalue weighted by atomic mass is 127. The van der Waals surface area contributed by atoms with Gasteiger partial charge in [0.1, 0.15) is 3.92 Å². The van der Waals surface area contributed by atoms with Crippen molar-refractivity contribution in [1.82, 2.24) is 0 Å². The number of rotatable bonds is 3. The Morgan fingerprint density at radius 2 is 1.79 bits per heavy atom. The Kier molecular flexibility index (Phi) is 4.99. The maximum Gasteiger partial charge on any atom is 0.332 e. The molecule has 0 amide bonds. The molecule has 0 bridgehead atoms. The molecule has 0 saturated heterocycles. The summed E-state index contributed by atoms with van der Waals surface area (Å²) in [7, 11) is 1.33. The topological polar surface area (TPSA) is 52.6 Å². The summed E-state index contributed by atoms with van der Waals surface area (Å²) in [4.78, 5) is 24.3. The monoisotopic (exact) mass is 434 g/mol. The van der Waals surface area contributed by atoms with E-state index in [4.69, 9.17) is 9.47 Å². The van der Waals surface area contributed by atoms with Crippen molar-refractivity contribution < 1.29 is 19.1 Å². The number of esters is 2. The van der Waals surface area contributed by atoms with Crippen molar-refractivity contribution in [2.24, 2.45) is 0 Å². The van der Waals surface area contributed by atoms with E-state index in [0.717, 1.165) is 22.3 Å². The smallest absolute Gasteiger partial charge is 0.332 e. The average molecular weight is 434 g/mol. The Labute approximate surface area is 153 Å². The molecule has 24 heavy (non-hydrogen) atoms.